The van der Waals surface area contributed by atoms with Gasteiger partial charge in [-0.3, -0.25) is 0 Å². The van der Waals surface area contributed by atoms with Gasteiger partial charge in [-0.2, -0.15) is 13.9 Å². The van der Waals surface area contributed by atoms with Crippen LogP contribution in [-0.4, -0.2) is 43.6 Å². The molecule has 0 aliphatic heterocycles. The molecular formula is C15H21F2N3O2S. The van der Waals surface area contributed by atoms with E-state index in [1.165, 1.54) is 18.2 Å². The van der Waals surface area contributed by atoms with Gasteiger partial charge in [0.2, 0.25) is 0 Å². The predicted molar refractivity (Wildman–Crippen MR) is 90.5 cm³/mol. The number of hydrogen-bond donors (Lipinski definition) is 1. The number of thiocarbonyl (C=S) groups is 1. The van der Waals surface area contributed by atoms with Crippen LogP contribution < -0.4 is 14.8 Å². The van der Waals surface area contributed by atoms with Crippen molar-refractivity contribution in [2.24, 2.45) is 5.10 Å². The molecule has 0 atom stereocenters. The Morgan fingerprint density at radius 2 is 2.17 bits per heavy atom. The molecule has 1 rings (SSSR count). The van der Waals surface area contributed by atoms with Crippen LogP contribution in [0, 0.1) is 0 Å². The van der Waals surface area contributed by atoms with E-state index in [1.807, 2.05) is 0 Å². The number of ether oxygens (including phenoxy) is 2. The first kappa shape index (κ1) is 19.1. The molecule has 0 unspecified atom stereocenters. The summed E-state index contributed by atoms with van der Waals surface area (Å²) < 4.78 is 34.0. The fourth-order valence-electron chi connectivity index (χ4n) is 1.65. The van der Waals surface area contributed by atoms with E-state index >= 15 is 0 Å². The van der Waals surface area contributed by atoms with Crippen molar-refractivity contribution in [3.63, 3.8) is 0 Å². The van der Waals surface area contributed by atoms with Gasteiger partial charge in [-0.05, 0) is 42.4 Å². The smallest absolute Gasteiger partial charge is 0.387 e. The second-order valence-electron chi connectivity index (χ2n) is 4.64. The fourth-order valence-corrected chi connectivity index (χ4v) is 1.80. The van der Waals surface area contributed by atoms with Gasteiger partial charge in [0.1, 0.15) is 0 Å². The largest absolute Gasteiger partial charge is 0.493 e. The van der Waals surface area contributed by atoms with Gasteiger partial charge in [-0.25, -0.2) is 5.01 Å². The Labute approximate surface area is 140 Å². The first-order valence-electron chi connectivity index (χ1n) is 7.16. The summed E-state index contributed by atoms with van der Waals surface area (Å²) in [4.78, 5) is 0. The molecule has 0 fully saturated rings. The summed E-state index contributed by atoms with van der Waals surface area (Å²) in [6, 6.07) is 4.57. The number of nitrogens with one attached hydrogen (secondary N) is 1. The maximum atomic E-state index is 12.3. The molecule has 5 nitrogen and oxygen atoms in total. The molecule has 0 saturated heterocycles. The molecule has 0 bridgehead atoms. The van der Waals surface area contributed by atoms with Crippen molar-refractivity contribution in [2.75, 3.05) is 20.7 Å². The van der Waals surface area contributed by atoms with Crippen LogP contribution in [0.4, 0.5) is 8.78 Å². The minimum Gasteiger partial charge on any atom is -0.493 e. The summed E-state index contributed by atoms with van der Waals surface area (Å²) in [5, 5.41) is 9.33. The summed E-state index contributed by atoms with van der Waals surface area (Å²) >= 11 is 5.20. The van der Waals surface area contributed by atoms with E-state index in [1.54, 1.807) is 25.4 Å². The number of nitrogens with zero attached hydrogens (tertiary/aromatic N) is 2. The molecule has 1 N–H and O–H groups in total. The number of halogens is 2. The van der Waals surface area contributed by atoms with Crippen LogP contribution in [0.25, 0.3) is 0 Å². The number of hydrazone groups is 1. The van der Waals surface area contributed by atoms with Crippen LogP contribution >= 0.6 is 12.2 Å². The van der Waals surface area contributed by atoms with Crippen LogP contribution in [0.5, 0.6) is 11.5 Å². The van der Waals surface area contributed by atoms with E-state index in [-0.39, 0.29) is 11.5 Å². The topological polar surface area (TPSA) is 46.1 Å². The molecule has 128 valence electrons. The molecular weight excluding hydrogens is 324 g/mol. The monoisotopic (exact) mass is 345 g/mol. The summed E-state index contributed by atoms with van der Waals surface area (Å²) in [5.74, 6) is 0.185. The lowest BCUT2D eigenvalue weighted by molar-refractivity contribution is -0.0512. The molecule has 0 heterocycles. The third-order valence-corrected chi connectivity index (χ3v) is 3.29. The van der Waals surface area contributed by atoms with E-state index in [0.717, 1.165) is 19.4 Å². The molecule has 0 saturated carbocycles. The van der Waals surface area contributed by atoms with Crippen molar-refractivity contribution in [1.29, 1.82) is 0 Å². The second-order valence-corrected chi connectivity index (χ2v) is 5.03. The maximum Gasteiger partial charge on any atom is 0.387 e. The predicted octanol–water partition coefficient (Wildman–Crippen LogP) is 3.24. The molecule has 0 spiro atoms. The second kappa shape index (κ2) is 9.94. The highest BCUT2D eigenvalue weighted by atomic mass is 32.1. The molecule has 8 heteroatoms. The fraction of sp³-hybridized carbons (Fsp3) is 0.467. The van der Waals surface area contributed by atoms with Gasteiger partial charge in [0.25, 0.3) is 0 Å². The Hall–Kier alpha value is -1.96. The van der Waals surface area contributed by atoms with Crippen molar-refractivity contribution < 1.29 is 18.3 Å². The van der Waals surface area contributed by atoms with Crippen LogP contribution in [0.3, 0.4) is 0 Å². The van der Waals surface area contributed by atoms with E-state index in [2.05, 4.69) is 22.1 Å². The molecule has 1 aromatic carbocycles. The quantitative estimate of drug-likeness (QED) is 0.339. The van der Waals surface area contributed by atoms with E-state index < -0.39 is 6.61 Å². The van der Waals surface area contributed by atoms with Crippen molar-refractivity contribution in [1.82, 2.24) is 10.3 Å². The van der Waals surface area contributed by atoms with Crippen LogP contribution in [0.2, 0.25) is 0 Å². The zero-order chi connectivity index (χ0) is 17.2. The molecule has 0 aromatic heterocycles. The Bertz CT molecular complexity index is 541. The average molecular weight is 345 g/mol. The third-order valence-electron chi connectivity index (χ3n) is 2.88. The van der Waals surface area contributed by atoms with Crippen molar-refractivity contribution in [2.45, 2.75) is 26.4 Å². The molecule has 1 aromatic rings. The summed E-state index contributed by atoms with van der Waals surface area (Å²) in [7, 11) is 3.11. The summed E-state index contributed by atoms with van der Waals surface area (Å²) in [5.41, 5.74) is 0.673. The number of rotatable bonds is 8. The lowest BCUT2D eigenvalue weighted by Crippen LogP contribution is -2.34. The lowest BCUT2D eigenvalue weighted by Gasteiger charge is -2.15. The third kappa shape index (κ3) is 6.77. The summed E-state index contributed by atoms with van der Waals surface area (Å²) in [6.07, 6.45) is 3.67. The van der Waals surface area contributed by atoms with Gasteiger partial charge in [0.15, 0.2) is 16.6 Å². The number of methoxy groups -OCH3 is 1. The van der Waals surface area contributed by atoms with Gasteiger partial charge in [-0.15, -0.1) is 0 Å². The standard InChI is InChI=1S/C15H21F2N3O2S/c1-4-5-8-18-15(23)20(2)19-10-11-6-7-12(22-14(16)17)13(9-11)21-3/h6-7,9-10,14H,4-5,8H2,1-3H3,(H,18,23)/b19-10+. The number of benzene rings is 1. The Balaban J connectivity index is 2.70. The zero-order valence-electron chi connectivity index (χ0n) is 13.4. The van der Waals surface area contributed by atoms with Gasteiger partial charge in [-0.1, -0.05) is 13.3 Å². The van der Waals surface area contributed by atoms with E-state index in [4.69, 9.17) is 17.0 Å². The Kier molecular flexibility index (Phi) is 8.25. The summed E-state index contributed by atoms with van der Waals surface area (Å²) in [6.45, 7) is -0.00881. The highest BCUT2D eigenvalue weighted by Gasteiger charge is 2.10. The van der Waals surface area contributed by atoms with Crippen LogP contribution in [0.15, 0.2) is 23.3 Å². The molecule has 0 aliphatic rings. The average Bonchev–Trinajstić information content (AvgIpc) is 2.53. The first-order chi connectivity index (χ1) is 11.0. The lowest BCUT2D eigenvalue weighted by atomic mass is 10.2. The number of hydrogen-bond acceptors (Lipinski definition) is 4. The maximum absolute atomic E-state index is 12.3. The highest BCUT2D eigenvalue weighted by Crippen LogP contribution is 2.28. The van der Waals surface area contributed by atoms with Crippen molar-refractivity contribution in [3.8, 4) is 11.5 Å². The van der Waals surface area contributed by atoms with Crippen LogP contribution in [0.1, 0.15) is 25.3 Å². The minimum absolute atomic E-state index is 0.0234. The van der Waals surface area contributed by atoms with Crippen molar-refractivity contribution in [3.05, 3.63) is 23.8 Å². The highest BCUT2D eigenvalue weighted by molar-refractivity contribution is 7.80. The normalized spacial score (nSPS) is 10.9. The minimum atomic E-state index is -2.90. The van der Waals surface area contributed by atoms with Gasteiger partial charge >= 0.3 is 6.61 Å². The number of alkyl halides is 2. The van der Waals surface area contributed by atoms with Gasteiger partial charge in [0.05, 0.1) is 13.3 Å². The molecule has 0 radical (unpaired) electrons. The Morgan fingerprint density at radius 1 is 1.43 bits per heavy atom. The zero-order valence-corrected chi connectivity index (χ0v) is 14.2. The molecule has 0 amide bonds. The van der Waals surface area contributed by atoms with Gasteiger partial charge < -0.3 is 14.8 Å². The van der Waals surface area contributed by atoms with E-state index in [9.17, 15) is 8.78 Å². The first-order valence-corrected chi connectivity index (χ1v) is 7.57. The van der Waals surface area contributed by atoms with Gasteiger partial charge in [0, 0.05) is 13.6 Å². The molecule has 23 heavy (non-hydrogen) atoms. The van der Waals surface area contributed by atoms with E-state index in [0.29, 0.717) is 10.7 Å². The van der Waals surface area contributed by atoms with Crippen molar-refractivity contribution >= 4 is 23.5 Å². The SMILES string of the molecule is CCCCNC(=S)N(C)/N=C/c1ccc(OC(F)F)c(OC)c1. The molecule has 0 aliphatic carbocycles. The Morgan fingerprint density at radius 3 is 2.78 bits per heavy atom. The van der Waals surface area contributed by atoms with Crippen LogP contribution in [-0.2, 0) is 0 Å². The number of unbranched alkanes of at least 4 members (excludes halogenated alkanes) is 1.